The molecule has 0 unspecified atom stereocenters. The lowest BCUT2D eigenvalue weighted by atomic mass is 9.73. The zero-order valence-corrected chi connectivity index (χ0v) is 17.9. The quantitative estimate of drug-likeness (QED) is 0.731. The average Bonchev–Trinajstić information content (AvgIpc) is 2.73. The third-order valence-corrected chi connectivity index (χ3v) is 5.68. The number of hydrogen-bond acceptors (Lipinski definition) is 3. The number of carbonyl (C=O) groups is 2. The van der Waals surface area contributed by atoms with Gasteiger partial charge in [-0.05, 0) is 48.1 Å². The molecule has 0 saturated carbocycles. The third-order valence-electron chi connectivity index (χ3n) is 5.68. The Bertz CT molecular complexity index is 915. The molecule has 0 aliphatic carbocycles. The Kier molecular flexibility index (Phi) is 6.87. The molecule has 0 N–H and O–H groups in total. The fourth-order valence-electron chi connectivity index (χ4n) is 4.35. The maximum Gasteiger partial charge on any atom is 0.248 e. The summed E-state index contributed by atoms with van der Waals surface area (Å²) in [6.07, 6.45) is 1.99. The fourth-order valence-corrected chi connectivity index (χ4v) is 4.35. The summed E-state index contributed by atoms with van der Waals surface area (Å²) < 4.78 is 18.7. The molecule has 1 aliphatic heterocycles. The van der Waals surface area contributed by atoms with Crippen LogP contribution in [0.4, 0.5) is 4.39 Å². The molecule has 2 amide bonds. The molecule has 0 aromatic heterocycles. The summed E-state index contributed by atoms with van der Waals surface area (Å²) in [5.41, 5.74) is 2.01. The topological polar surface area (TPSA) is 49.9 Å². The van der Waals surface area contributed by atoms with Crippen LogP contribution in [0.25, 0.3) is 11.1 Å². The molecule has 1 fully saturated rings. The number of likely N-dealkylation sites (tertiary alicyclic amines) is 1. The van der Waals surface area contributed by atoms with Crippen molar-refractivity contribution in [1.82, 2.24) is 9.80 Å². The van der Waals surface area contributed by atoms with E-state index in [2.05, 4.69) is 0 Å². The number of piperidine rings is 1. The Morgan fingerprint density at radius 3 is 2.50 bits per heavy atom. The lowest BCUT2D eigenvalue weighted by Gasteiger charge is -2.43. The van der Waals surface area contributed by atoms with Gasteiger partial charge in [0.15, 0.2) is 0 Å². The first-order valence-corrected chi connectivity index (χ1v) is 10.2. The van der Waals surface area contributed by atoms with E-state index in [9.17, 15) is 14.0 Å². The summed E-state index contributed by atoms with van der Waals surface area (Å²) in [6.45, 7) is 1.02. The Morgan fingerprint density at radius 1 is 1.13 bits per heavy atom. The van der Waals surface area contributed by atoms with Crippen LogP contribution in [0.15, 0.2) is 48.5 Å². The zero-order valence-electron chi connectivity index (χ0n) is 17.9. The van der Waals surface area contributed by atoms with Gasteiger partial charge in [0.1, 0.15) is 12.4 Å². The number of hydrogen-bond donors (Lipinski definition) is 0. The van der Waals surface area contributed by atoms with Crippen molar-refractivity contribution in [2.45, 2.75) is 19.3 Å². The average molecular weight is 413 g/mol. The number of ether oxygens (including phenoxy) is 1. The van der Waals surface area contributed by atoms with Gasteiger partial charge in [-0.25, -0.2) is 4.39 Å². The van der Waals surface area contributed by atoms with E-state index >= 15 is 0 Å². The fraction of sp³-hybridized carbons (Fsp3) is 0.417. The van der Waals surface area contributed by atoms with Crippen LogP contribution in [0.2, 0.25) is 0 Å². The lowest BCUT2D eigenvalue weighted by molar-refractivity contribution is -0.148. The van der Waals surface area contributed by atoms with Crippen molar-refractivity contribution < 1.29 is 18.7 Å². The van der Waals surface area contributed by atoms with Gasteiger partial charge in [-0.1, -0.05) is 36.4 Å². The van der Waals surface area contributed by atoms with Crippen molar-refractivity contribution in [3.8, 4) is 11.1 Å². The van der Waals surface area contributed by atoms with Gasteiger partial charge in [-0.2, -0.15) is 0 Å². The molecule has 1 atom stereocenters. The highest BCUT2D eigenvalue weighted by Crippen LogP contribution is 2.36. The first-order chi connectivity index (χ1) is 14.3. The maximum atomic E-state index is 13.7. The van der Waals surface area contributed by atoms with Crippen molar-refractivity contribution in [3.63, 3.8) is 0 Å². The second-order valence-corrected chi connectivity index (χ2v) is 8.22. The number of amides is 2. The Hall–Kier alpha value is -2.73. The van der Waals surface area contributed by atoms with Gasteiger partial charge in [0.2, 0.25) is 11.8 Å². The van der Waals surface area contributed by atoms with Crippen LogP contribution in [0.5, 0.6) is 0 Å². The number of rotatable bonds is 6. The van der Waals surface area contributed by atoms with Crippen LogP contribution in [0, 0.1) is 11.2 Å². The largest absolute Gasteiger partial charge is 0.375 e. The van der Waals surface area contributed by atoms with Crippen molar-refractivity contribution >= 4 is 11.8 Å². The number of carbonyl (C=O) groups excluding carboxylic acids is 2. The van der Waals surface area contributed by atoms with Crippen LogP contribution < -0.4 is 0 Å². The molecular weight excluding hydrogens is 383 g/mol. The van der Waals surface area contributed by atoms with Gasteiger partial charge >= 0.3 is 0 Å². The molecule has 160 valence electrons. The highest BCUT2D eigenvalue weighted by atomic mass is 19.1. The van der Waals surface area contributed by atoms with E-state index in [4.69, 9.17) is 4.74 Å². The van der Waals surface area contributed by atoms with E-state index < -0.39 is 5.41 Å². The minimum atomic E-state index is -0.689. The molecule has 3 rings (SSSR count). The number of benzene rings is 2. The van der Waals surface area contributed by atoms with Crippen molar-refractivity contribution in [2.75, 3.05) is 40.9 Å². The van der Waals surface area contributed by atoms with E-state index in [1.165, 1.54) is 19.2 Å². The molecule has 0 spiro atoms. The summed E-state index contributed by atoms with van der Waals surface area (Å²) in [5.74, 6) is -0.355. The Morgan fingerprint density at radius 2 is 1.83 bits per heavy atom. The lowest BCUT2D eigenvalue weighted by Crippen LogP contribution is -2.54. The van der Waals surface area contributed by atoms with Crippen LogP contribution in [0.1, 0.15) is 18.4 Å². The van der Waals surface area contributed by atoms with Gasteiger partial charge < -0.3 is 14.5 Å². The van der Waals surface area contributed by atoms with Crippen LogP contribution >= 0.6 is 0 Å². The van der Waals surface area contributed by atoms with Crippen molar-refractivity contribution in [3.05, 3.63) is 59.9 Å². The van der Waals surface area contributed by atoms with Gasteiger partial charge in [0.05, 0.1) is 5.41 Å². The minimum absolute atomic E-state index is 0.0152. The van der Waals surface area contributed by atoms with Crippen LogP contribution in [0.3, 0.4) is 0 Å². The molecule has 30 heavy (non-hydrogen) atoms. The number of halogens is 1. The van der Waals surface area contributed by atoms with E-state index in [0.29, 0.717) is 25.9 Å². The highest BCUT2D eigenvalue weighted by Gasteiger charge is 2.44. The number of methoxy groups -OCH3 is 1. The second kappa shape index (κ2) is 9.39. The normalized spacial score (nSPS) is 18.9. The molecule has 2 aromatic carbocycles. The van der Waals surface area contributed by atoms with E-state index in [1.54, 1.807) is 30.0 Å². The number of nitrogens with zero attached hydrogens (tertiary/aromatic N) is 2. The molecule has 1 saturated heterocycles. The smallest absolute Gasteiger partial charge is 0.248 e. The van der Waals surface area contributed by atoms with Crippen LogP contribution in [-0.4, -0.2) is 62.5 Å². The minimum Gasteiger partial charge on any atom is -0.375 e. The van der Waals surface area contributed by atoms with Gasteiger partial charge in [0, 0.05) is 34.3 Å². The molecule has 2 aromatic rings. The third kappa shape index (κ3) is 4.87. The maximum absolute atomic E-state index is 13.7. The van der Waals surface area contributed by atoms with E-state index in [-0.39, 0.29) is 24.2 Å². The predicted octanol–water partition coefficient (Wildman–Crippen LogP) is 3.38. The summed E-state index contributed by atoms with van der Waals surface area (Å²) in [4.78, 5) is 29.1. The predicted molar refractivity (Wildman–Crippen MR) is 114 cm³/mol. The molecule has 6 heteroatoms. The molecule has 1 aliphatic rings. The summed E-state index contributed by atoms with van der Waals surface area (Å²) >= 11 is 0. The van der Waals surface area contributed by atoms with Gasteiger partial charge in [-0.15, -0.1) is 0 Å². The highest BCUT2D eigenvalue weighted by molar-refractivity contribution is 5.85. The standard InChI is InChI=1S/C24H29FN2O3/c1-26(2)23(29)24(11-6-12-27(17-24)22(28)16-30-3)15-18-7-4-8-19(13-18)20-9-5-10-21(25)14-20/h4-5,7-10,13-14H,6,11-12,15-17H2,1-3H3/t24-/m0/s1. The second-order valence-electron chi connectivity index (χ2n) is 8.22. The Balaban J connectivity index is 1.92. The van der Waals surface area contributed by atoms with Crippen LogP contribution in [-0.2, 0) is 20.7 Å². The molecule has 0 radical (unpaired) electrons. The first-order valence-electron chi connectivity index (χ1n) is 10.2. The van der Waals surface area contributed by atoms with Crippen molar-refractivity contribution in [2.24, 2.45) is 5.41 Å². The summed E-state index contributed by atoms with van der Waals surface area (Å²) in [6, 6.07) is 14.4. The summed E-state index contributed by atoms with van der Waals surface area (Å²) in [5, 5.41) is 0. The van der Waals surface area contributed by atoms with Crippen molar-refractivity contribution in [1.29, 1.82) is 0 Å². The van der Waals surface area contributed by atoms with E-state index in [1.807, 2.05) is 30.3 Å². The summed E-state index contributed by atoms with van der Waals surface area (Å²) in [7, 11) is 5.00. The molecule has 5 nitrogen and oxygen atoms in total. The Labute approximate surface area is 177 Å². The monoisotopic (exact) mass is 412 g/mol. The molecule has 0 bridgehead atoms. The van der Waals surface area contributed by atoms with E-state index in [0.717, 1.165) is 23.1 Å². The van der Waals surface area contributed by atoms with Gasteiger partial charge in [-0.3, -0.25) is 9.59 Å². The SMILES string of the molecule is COCC(=O)N1CCC[C@@](Cc2cccc(-c3cccc(F)c3)c2)(C(=O)N(C)C)C1. The molecular formula is C24H29FN2O3. The molecule has 1 heterocycles. The van der Waals surface area contributed by atoms with Gasteiger partial charge in [0.25, 0.3) is 0 Å². The zero-order chi connectivity index (χ0) is 21.7. The first kappa shape index (κ1) is 22.0.